The van der Waals surface area contributed by atoms with Crippen LogP contribution in [0.15, 0.2) is 4.99 Å². The zero-order chi connectivity index (χ0) is 21.2. The topological polar surface area (TPSA) is 81.7 Å². The van der Waals surface area contributed by atoms with Gasteiger partial charge < -0.3 is 29.9 Å². The first kappa shape index (κ1) is 26.6. The molecule has 1 atom stereocenters. The Morgan fingerprint density at radius 2 is 1.77 bits per heavy atom. The zero-order valence-corrected chi connectivity index (χ0v) is 21.5. The highest BCUT2D eigenvalue weighted by molar-refractivity contribution is 14.0. The maximum atomic E-state index is 12.0. The van der Waals surface area contributed by atoms with Gasteiger partial charge in [0.25, 0.3) is 0 Å². The van der Waals surface area contributed by atoms with Gasteiger partial charge in [-0.05, 0) is 25.2 Å². The summed E-state index contributed by atoms with van der Waals surface area (Å²) in [6.45, 7) is 10.7. The average molecular weight is 553 g/mol. The number of piperidine rings is 1. The molecule has 3 heterocycles. The summed E-state index contributed by atoms with van der Waals surface area (Å²) in [5.74, 6) is 1.46. The van der Waals surface area contributed by atoms with E-state index in [2.05, 4.69) is 25.4 Å². The Bertz CT molecular complexity index is 545. The lowest BCUT2D eigenvalue weighted by molar-refractivity contribution is -0.127. The highest BCUT2D eigenvalue weighted by Gasteiger charge is 2.24. The predicted molar refractivity (Wildman–Crippen MR) is 133 cm³/mol. The van der Waals surface area contributed by atoms with Crippen molar-refractivity contribution >= 4 is 35.8 Å². The summed E-state index contributed by atoms with van der Waals surface area (Å²) < 4.78 is 10.9. The van der Waals surface area contributed by atoms with Gasteiger partial charge >= 0.3 is 0 Å². The molecule has 3 rings (SSSR count). The molecule has 1 amide bonds. The number of ether oxygens (including phenoxy) is 2. The number of rotatable bonds is 8. The lowest BCUT2D eigenvalue weighted by Gasteiger charge is -2.34. The number of carbonyl (C=O) groups excluding carboxylic acids is 1. The Labute approximate surface area is 204 Å². The Hall–Kier alpha value is -0.690. The van der Waals surface area contributed by atoms with Gasteiger partial charge in [0.15, 0.2) is 5.96 Å². The van der Waals surface area contributed by atoms with Gasteiger partial charge in [0.2, 0.25) is 5.91 Å². The van der Waals surface area contributed by atoms with Crippen molar-refractivity contribution in [2.75, 3.05) is 92.9 Å². The summed E-state index contributed by atoms with van der Waals surface area (Å²) in [7, 11) is 3.53. The van der Waals surface area contributed by atoms with Crippen LogP contribution in [0, 0.1) is 5.92 Å². The number of nitrogens with zero attached hydrogens (tertiary/aromatic N) is 4. The van der Waals surface area contributed by atoms with Crippen LogP contribution in [0.4, 0.5) is 0 Å². The number of likely N-dealkylation sites (tertiary alicyclic amines) is 1. The van der Waals surface area contributed by atoms with Crippen molar-refractivity contribution in [2.45, 2.75) is 25.3 Å². The van der Waals surface area contributed by atoms with Crippen LogP contribution in [-0.2, 0) is 14.3 Å². The lowest BCUT2D eigenvalue weighted by Crippen LogP contribution is -2.51. The quantitative estimate of drug-likeness (QED) is 0.251. The van der Waals surface area contributed by atoms with Crippen LogP contribution in [0.5, 0.6) is 0 Å². The molecule has 0 spiro atoms. The fourth-order valence-electron chi connectivity index (χ4n) is 4.14. The Kier molecular flexibility index (Phi) is 12.4. The maximum absolute atomic E-state index is 12.0. The van der Waals surface area contributed by atoms with Gasteiger partial charge in [-0.1, -0.05) is 0 Å². The number of amides is 1. The smallest absolute Gasteiger partial charge is 0.243 e. The molecule has 2 N–H and O–H groups in total. The summed E-state index contributed by atoms with van der Waals surface area (Å²) in [5, 5.41) is 7.01. The summed E-state index contributed by atoms with van der Waals surface area (Å²) in [6.07, 6.45) is 3.39. The first-order valence-corrected chi connectivity index (χ1v) is 11.5. The molecule has 1 unspecified atom stereocenters. The van der Waals surface area contributed by atoms with E-state index in [0.717, 1.165) is 91.0 Å². The normalized spacial score (nSPS) is 23.9. The standard InChI is InChI=1S/C21H40N6O3.HI/c1-25(2)20(28)15-23-21(22-6-9-26-10-13-29-14-11-26)24-19-3-7-27(8-4-19)16-18-5-12-30-17-18;/h18-19H,3-17H2,1-2H3,(H2,22,23,24);1H. The molecule has 180 valence electrons. The van der Waals surface area contributed by atoms with E-state index in [1.54, 1.807) is 19.0 Å². The van der Waals surface area contributed by atoms with Crippen LogP contribution in [0.2, 0.25) is 0 Å². The molecule has 3 fully saturated rings. The number of likely N-dealkylation sites (N-methyl/N-ethyl adjacent to an activating group) is 1. The van der Waals surface area contributed by atoms with Gasteiger partial charge in [-0.3, -0.25) is 9.69 Å². The van der Waals surface area contributed by atoms with Crippen molar-refractivity contribution in [3.05, 3.63) is 0 Å². The van der Waals surface area contributed by atoms with Crippen molar-refractivity contribution in [3.63, 3.8) is 0 Å². The second kappa shape index (κ2) is 14.5. The molecule has 0 aromatic rings. The van der Waals surface area contributed by atoms with E-state index in [1.807, 2.05) is 0 Å². The second-order valence-electron chi connectivity index (χ2n) is 8.78. The Morgan fingerprint density at radius 1 is 1.03 bits per heavy atom. The molecule has 0 aromatic carbocycles. The van der Waals surface area contributed by atoms with E-state index in [9.17, 15) is 4.79 Å². The summed E-state index contributed by atoms with van der Waals surface area (Å²) >= 11 is 0. The zero-order valence-electron chi connectivity index (χ0n) is 19.2. The first-order valence-electron chi connectivity index (χ1n) is 11.5. The van der Waals surface area contributed by atoms with Crippen LogP contribution in [-0.4, -0.2) is 125 Å². The van der Waals surface area contributed by atoms with E-state index in [-0.39, 0.29) is 36.4 Å². The predicted octanol–water partition coefficient (Wildman–Crippen LogP) is 0.0609. The molecule has 3 aliphatic rings. The Morgan fingerprint density at radius 3 is 2.42 bits per heavy atom. The third-order valence-electron chi connectivity index (χ3n) is 6.16. The number of nitrogens with one attached hydrogen (secondary N) is 2. The number of morpholine rings is 1. The third kappa shape index (κ3) is 9.77. The maximum Gasteiger partial charge on any atom is 0.243 e. The molecule has 0 aliphatic carbocycles. The molecule has 0 bridgehead atoms. The minimum atomic E-state index is 0. The number of carbonyl (C=O) groups is 1. The SMILES string of the molecule is CN(C)C(=O)CN=C(NCCN1CCOCC1)NC1CCN(CC2CCOC2)CC1.I. The molecule has 9 nitrogen and oxygen atoms in total. The summed E-state index contributed by atoms with van der Waals surface area (Å²) in [4.78, 5) is 23.1. The van der Waals surface area contributed by atoms with E-state index >= 15 is 0 Å². The van der Waals surface area contributed by atoms with Crippen molar-refractivity contribution < 1.29 is 14.3 Å². The van der Waals surface area contributed by atoms with E-state index in [4.69, 9.17) is 9.47 Å². The highest BCUT2D eigenvalue weighted by Crippen LogP contribution is 2.17. The lowest BCUT2D eigenvalue weighted by atomic mass is 10.0. The van der Waals surface area contributed by atoms with Gasteiger partial charge in [0.05, 0.1) is 19.8 Å². The van der Waals surface area contributed by atoms with Gasteiger partial charge in [0.1, 0.15) is 6.54 Å². The largest absolute Gasteiger partial charge is 0.381 e. The highest BCUT2D eigenvalue weighted by atomic mass is 127. The second-order valence-corrected chi connectivity index (χ2v) is 8.78. The van der Waals surface area contributed by atoms with E-state index < -0.39 is 0 Å². The van der Waals surface area contributed by atoms with Crippen LogP contribution in [0.3, 0.4) is 0 Å². The average Bonchev–Trinajstić information content (AvgIpc) is 3.26. The van der Waals surface area contributed by atoms with Crippen molar-refractivity contribution in [1.29, 1.82) is 0 Å². The number of halogens is 1. The van der Waals surface area contributed by atoms with Gasteiger partial charge in [-0.15, -0.1) is 24.0 Å². The molecule has 3 aliphatic heterocycles. The van der Waals surface area contributed by atoms with Crippen LogP contribution in [0.25, 0.3) is 0 Å². The Balaban J connectivity index is 0.00000341. The number of aliphatic imine (C=N–C) groups is 1. The number of hydrogen-bond acceptors (Lipinski definition) is 6. The first-order chi connectivity index (χ1) is 14.6. The molecule has 0 radical (unpaired) electrons. The number of hydrogen-bond donors (Lipinski definition) is 2. The molecule has 3 saturated heterocycles. The van der Waals surface area contributed by atoms with E-state index in [0.29, 0.717) is 12.0 Å². The number of guanidine groups is 1. The molecular weight excluding hydrogens is 511 g/mol. The minimum Gasteiger partial charge on any atom is -0.381 e. The molecular formula is C21H41IN6O3. The summed E-state index contributed by atoms with van der Waals surface area (Å²) in [6, 6.07) is 0.394. The van der Waals surface area contributed by atoms with Gasteiger partial charge in [-0.25, -0.2) is 4.99 Å². The van der Waals surface area contributed by atoms with Crippen molar-refractivity contribution in [1.82, 2.24) is 25.3 Å². The van der Waals surface area contributed by atoms with Crippen LogP contribution < -0.4 is 10.6 Å². The fourth-order valence-corrected chi connectivity index (χ4v) is 4.14. The van der Waals surface area contributed by atoms with Crippen LogP contribution >= 0.6 is 24.0 Å². The van der Waals surface area contributed by atoms with Crippen LogP contribution in [0.1, 0.15) is 19.3 Å². The summed E-state index contributed by atoms with van der Waals surface area (Å²) in [5.41, 5.74) is 0. The molecule has 31 heavy (non-hydrogen) atoms. The fraction of sp³-hybridized carbons (Fsp3) is 0.905. The van der Waals surface area contributed by atoms with Gasteiger partial charge in [0, 0.05) is 72.6 Å². The molecule has 0 aromatic heterocycles. The monoisotopic (exact) mass is 552 g/mol. The van der Waals surface area contributed by atoms with Gasteiger partial charge in [-0.2, -0.15) is 0 Å². The van der Waals surface area contributed by atoms with Crippen molar-refractivity contribution in [3.8, 4) is 0 Å². The molecule has 0 saturated carbocycles. The van der Waals surface area contributed by atoms with E-state index in [1.165, 1.54) is 6.42 Å². The molecule has 10 heteroatoms. The minimum absolute atomic E-state index is 0. The third-order valence-corrected chi connectivity index (χ3v) is 6.16. The van der Waals surface area contributed by atoms with Crippen molar-refractivity contribution in [2.24, 2.45) is 10.9 Å².